The number of hydrogen-bond donors (Lipinski definition) is 2. The van der Waals surface area contributed by atoms with Gasteiger partial charge in [0.2, 0.25) is 0 Å². The van der Waals surface area contributed by atoms with Gasteiger partial charge in [-0.3, -0.25) is 0 Å². The van der Waals surface area contributed by atoms with Crippen LogP contribution in [-0.2, 0) is 6.54 Å². The summed E-state index contributed by atoms with van der Waals surface area (Å²) in [5, 5.41) is 18.1. The third-order valence-electron chi connectivity index (χ3n) is 2.39. The third-order valence-corrected chi connectivity index (χ3v) is 2.39. The van der Waals surface area contributed by atoms with Crippen LogP contribution in [0.25, 0.3) is 0 Å². The largest absolute Gasteiger partial charge is 0.494 e. The molecule has 0 aliphatic heterocycles. The highest BCUT2D eigenvalue weighted by atomic mass is 16.4. The molecule has 0 bridgehead atoms. The highest BCUT2D eigenvalue weighted by Gasteiger charge is 2.14. The third kappa shape index (κ3) is 2.69. The van der Waals surface area contributed by atoms with Gasteiger partial charge in [-0.1, -0.05) is 36.4 Å². The lowest BCUT2D eigenvalue weighted by Gasteiger charge is -2.00. The first-order chi connectivity index (χ1) is 7.75. The molecule has 0 fully saturated rings. The Hall–Kier alpha value is -1.65. The first-order valence-electron chi connectivity index (χ1n) is 5.15. The Balaban J connectivity index is 2.19. The van der Waals surface area contributed by atoms with Crippen molar-refractivity contribution in [3.63, 3.8) is 0 Å². The van der Waals surface area contributed by atoms with E-state index in [2.05, 4.69) is 0 Å². The zero-order valence-corrected chi connectivity index (χ0v) is 8.82. The molecule has 2 N–H and O–H groups in total. The molecule has 16 heavy (non-hydrogen) atoms. The topological polar surface area (TPSA) is 44.3 Å². The van der Waals surface area contributed by atoms with Crippen molar-refractivity contribution in [1.82, 2.24) is 0 Å². The Bertz CT molecular complexity index is 460. The van der Waals surface area contributed by atoms with Crippen LogP contribution in [0, 0.1) is 0 Å². The summed E-state index contributed by atoms with van der Waals surface area (Å²) in [6.07, 6.45) is 3.64. The molecular formula is C12H13BNO2+. The lowest BCUT2D eigenvalue weighted by atomic mass is 9.82. The van der Waals surface area contributed by atoms with Crippen LogP contribution in [0.1, 0.15) is 5.56 Å². The minimum absolute atomic E-state index is 0.499. The number of benzene rings is 1. The van der Waals surface area contributed by atoms with Crippen LogP contribution in [0.2, 0.25) is 0 Å². The van der Waals surface area contributed by atoms with E-state index < -0.39 is 7.12 Å². The van der Waals surface area contributed by atoms with Gasteiger partial charge >= 0.3 is 7.12 Å². The van der Waals surface area contributed by atoms with Gasteiger partial charge in [0.15, 0.2) is 18.9 Å². The molecule has 0 aliphatic rings. The summed E-state index contributed by atoms with van der Waals surface area (Å²) in [4.78, 5) is 0. The van der Waals surface area contributed by atoms with Crippen molar-refractivity contribution in [3.8, 4) is 0 Å². The zero-order chi connectivity index (χ0) is 11.4. The summed E-state index contributed by atoms with van der Waals surface area (Å²) in [7, 11) is -1.41. The standard InChI is InChI=1S/C12H13BNO2/c15-13(16)12-7-4-8-14(10-12)9-11-5-2-1-3-6-11/h1-8,10,15-16H,9H2/q+1. The number of aromatic nitrogens is 1. The Morgan fingerprint density at radius 1 is 1.00 bits per heavy atom. The highest BCUT2D eigenvalue weighted by molar-refractivity contribution is 6.58. The van der Waals surface area contributed by atoms with Gasteiger partial charge in [0.1, 0.15) is 0 Å². The summed E-state index contributed by atoms with van der Waals surface area (Å²) < 4.78 is 1.92. The average molecular weight is 214 g/mol. The van der Waals surface area contributed by atoms with Crippen molar-refractivity contribution in [2.45, 2.75) is 6.54 Å². The summed E-state index contributed by atoms with van der Waals surface area (Å²) >= 11 is 0. The van der Waals surface area contributed by atoms with Crippen LogP contribution in [-0.4, -0.2) is 17.2 Å². The molecule has 4 heteroatoms. The molecule has 0 spiro atoms. The van der Waals surface area contributed by atoms with E-state index in [1.807, 2.05) is 41.1 Å². The van der Waals surface area contributed by atoms with Crippen LogP contribution in [0.3, 0.4) is 0 Å². The smallest absolute Gasteiger partial charge is 0.423 e. The minimum Gasteiger partial charge on any atom is -0.423 e. The second-order valence-corrected chi connectivity index (χ2v) is 3.67. The van der Waals surface area contributed by atoms with Crippen molar-refractivity contribution in [2.24, 2.45) is 0 Å². The monoisotopic (exact) mass is 214 g/mol. The molecule has 0 saturated heterocycles. The molecule has 0 saturated carbocycles. The van der Waals surface area contributed by atoms with Crippen LogP contribution in [0.4, 0.5) is 0 Å². The molecule has 0 unspecified atom stereocenters. The highest BCUT2D eigenvalue weighted by Crippen LogP contribution is 1.96. The van der Waals surface area contributed by atoms with E-state index in [9.17, 15) is 0 Å². The molecule has 0 atom stereocenters. The predicted octanol–water partition coefficient (Wildman–Crippen LogP) is -0.298. The normalized spacial score (nSPS) is 10.1. The molecule has 0 radical (unpaired) electrons. The van der Waals surface area contributed by atoms with Crippen molar-refractivity contribution in [1.29, 1.82) is 0 Å². The molecule has 0 aliphatic carbocycles. The second-order valence-electron chi connectivity index (χ2n) is 3.67. The van der Waals surface area contributed by atoms with E-state index in [0.29, 0.717) is 5.46 Å². The maximum Gasteiger partial charge on any atom is 0.494 e. The first kappa shape index (κ1) is 10.9. The molecule has 80 valence electrons. The first-order valence-corrected chi connectivity index (χ1v) is 5.15. The number of rotatable bonds is 3. The van der Waals surface area contributed by atoms with Crippen LogP contribution in [0.15, 0.2) is 54.9 Å². The molecule has 1 aromatic carbocycles. The molecule has 1 heterocycles. The van der Waals surface area contributed by atoms with E-state index in [0.717, 1.165) is 6.54 Å². The molecule has 0 amide bonds. The van der Waals surface area contributed by atoms with Crippen molar-refractivity contribution < 1.29 is 14.6 Å². The van der Waals surface area contributed by atoms with Gasteiger partial charge in [-0.15, -0.1) is 0 Å². The number of pyridine rings is 1. The Morgan fingerprint density at radius 2 is 1.75 bits per heavy atom. The van der Waals surface area contributed by atoms with Gasteiger partial charge in [-0.05, 0) is 0 Å². The van der Waals surface area contributed by atoms with Gasteiger partial charge < -0.3 is 10.0 Å². The average Bonchev–Trinajstić information content (AvgIpc) is 2.30. The van der Waals surface area contributed by atoms with Crippen molar-refractivity contribution in [2.75, 3.05) is 0 Å². The fourth-order valence-corrected chi connectivity index (χ4v) is 1.59. The van der Waals surface area contributed by atoms with Gasteiger partial charge in [0, 0.05) is 17.1 Å². The molecule has 1 aromatic heterocycles. The predicted molar refractivity (Wildman–Crippen MR) is 62.0 cm³/mol. The maximum absolute atomic E-state index is 9.06. The van der Waals surface area contributed by atoms with Crippen molar-refractivity contribution >= 4 is 12.6 Å². The Labute approximate surface area is 94.8 Å². The summed E-state index contributed by atoms with van der Waals surface area (Å²) in [5.41, 5.74) is 1.68. The van der Waals surface area contributed by atoms with E-state index >= 15 is 0 Å². The van der Waals surface area contributed by atoms with Gasteiger partial charge in [-0.25, -0.2) is 4.57 Å². The second kappa shape index (κ2) is 4.92. The zero-order valence-electron chi connectivity index (χ0n) is 8.82. The summed E-state index contributed by atoms with van der Waals surface area (Å²) in [5.74, 6) is 0. The minimum atomic E-state index is -1.41. The van der Waals surface area contributed by atoms with Crippen molar-refractivity contribution in [3.05, 3.63) is 60.4 Å². The van der Waals surface area contributed by atoms with Crippen LogP contribution >= 0.6 is 0 Å². The molecular weight excluding hydrogens is 201 g/mol. The summed E-state index contributed by atoms with van der Waals surface area (Å²) in [6.45, 7) is 0.724. The summed E-state index contributed by atoms with van der Waals surface area (Å²) in [6, 6.07) is 13.5. The number of hydrogen-bond acceptors (Lipinski definition) is 2. The Morgan fingerprint density at radius 3 is 2.44 bits per heavy atom. The lowest BCUT2D eigenvalue weighted by Crippen LogP contribution is -2.42. The fraction of sp³-hybridized carbons (Fsp3) is 0.0833. The number of nitrogens with zero attached hydrogens (tertiary/aromatic N) is 1. The van der Waals surface area contributed by atoms with E-state index in [1.165, 1.54) is 5.56 Å². The van der Waals surface area contributed by atoms with E-state index in [1.54, 1.807) is 18.3 Å². The van der Waals surface area contributed by atoms with Crippen LogP contribution in [0.5, 0.6) is 0 Å². The lowest BCUT2D eigenvalue weighted by molar-refractivity contribution is -0.687. The van der Waals surface area contributed by atoms with E-state index in [-0.39, 0.29) is 0 Å². The van der Waals surface area contributed by atoms with Gasteiger partial charge in [0.25, 0.3) is 0 Å². The molecule has 3 nitrogen and oxygen atoms in total. The van der Waals surface area contributed by atoms with Gasteiger partial charge in [-0.2, -0.15) is 0 Å². The van der Waals surface area contributed by atoms with E-state index in [4.69, 9.17) is 10.0 Å². The SMILES string of the molecule is OB(O)c1ccc[n+](Cc2ccccc2)c1. The Kier molecular flexibility index (Phi) is 3.34. The fourth-order valence-electron chi connectivity index (χ4n) is 1.59. The molecule has 2 aromatic rings. The molecule has 2 rings (SSSR count). The maximum atomic E-state index is 9.06. The van der Waals surface area contributed by atoms with Crippen LogP contribution < -0.4 is 10.0 Å². The quantitative estimate of drug-likeness (QED) is 0.544. The van der Waals surface area contributed by atoms with Gasteiger partial charge in [0.05, 0.1) is 0 Å².